The molecule has 6 nitrogen and oxygen atoms in total. The minimum absolute atomic E-state index is 0.0775. The third kappa shape index (κ3) is 8.34. The van der Waals surface area contributed by atoms with E-state index in [2.05, 4.69) is 5.32 Å². The van der Waals surface area contributed by atoms with Crippen LogP contribution in [0.5, 0.6) is 0 Å². The Morgan fingerprint density at radius 2 is 2.13 bits per heavy atom. The van der Waals surface area contributed by atoms with Crippen LogP contribution in [0.25, 0.3) is 0 Å². The van der Waals surface area contributed by atoms with E-state index in [-0.39, 0.29) is 18.1 Å². The number of rotatable bonds is 7. The van der Waals surface area contributed by atoms with Gasteiger partial charge in [0.05, 0.1) is 18.4 Å². The summed E-state index contributed by atoms with van der Waals surface area (Å²) in [6.45, 7) is 0.784. The third-order valence-corrected chi connectivity index (χ3v) is 2.72. The van der Waals surface area contributed by atoms with Crippen molar-refractivity contribution in [3.63, 3.8) is 0 Å². The maximum atomic E-state index is 11.2. The molecule has 1 atom stereocenters. The largest absolute Gasteiger partial charge is 0.383 e. The molecule has 1 amide bonds. The van der Waals surface area contributed by atoms with Crippen LogP contribution in [0.2, 0.25) is 0 Å². The number of methoxy groups -OCH3 is 1. The molecule has 0 aromatic heterocycles. The van der Waals surface area contributed by atoms with Crippen LogP contribution >= 0.6 is 0 Å². The summed E-state index contributed by atoms with van der Waals surface area (Å²) >= 11 is 0. The van der Waals surface area contributed by atoms with Crippen molar-refractivity contribution in [2.75, 3.05) is 32.3 Å². The van der Waals surface area contributed by atoms with Crippen LogP contribution in [-0.2, 0) is 19.4 Å². The number of hydrogen-bond acceptors (Lipinski definition) is 5. The minimum Gasteiger partial charge on any atom is -0.383 e. The van der Waals surface area contributed by atoms with Gasteiger partial charge in [-0.05, 0) is 6.42 Å². The van der Waals surface area contributed by atoms with Gasteiger partial charge in [0.15, 0.2) is 0 Å². The van der Waals surface area contributed by atoms with E-state index < -0.39 is 15.9 Å². The van der Waals surface area contributed by atoms with Crippen LogP contribution in [0.1, 0.15) is 6.42 Å². The van der Waals surface area contributed by atoms with Crippen LogP contribution in [0.4, 0.5) is 0 Å². The van der Waals surface area contributed by atoms with Gasteiger partial charge in [-0.2, -0.15) is 0 Å². The third-order valence-electron chi connectivity index (χ3n) is 1.74. The topological polar surface area (TPSA) is 98.5 Å². The molecule has 0 radical (unpaired) electrons. The summed E-state index contributed by atoms with van der Waals surface area (Å²) in [5.41, 5.74) is 5.49. The van der Waals surface area contributed by atoms with Crippen LogP contribution in [0.15, 0.2) is 0 Å². The van der Waals surface area contributed by atoms with Crippen LogP contribution < -0.4 is 11.1 Å². The smallest absolute Gasteiger partial charge is 0.237 e. The predicted molar refractivity (Wildman–Crippen MR) is 57.2 cm³/mol. The summed E-state index contributed by atoms with van der Waals surface area (Å²) in [5, 5.41) is 2.54. The van der Waals surface area contributed by atoms with E-state index in [1.54, 1.807) is 0 Å². The molecule has 7 heteroatoms. The average Bonchev–Trinajstić information content (AvgIpc) is 2.13. The Hall–Kier alpha value is -0.660. The number of hydrogen-bond donors (Lipinski definition) is 2. The van der Waals surface area contributed by atoms with Gasteiger partial charge < -0.3 is 15.8 Å². The first-order valence-corrected chi connectivity index (χ1v) is 6.63. The maximum Gasteiger partial charge on any atom is 0.237 e. The maximum absolute atomic E-state index is 11.2. The SMILES string of the molecule is COCCNC(=O)C(N)CCS(C)(=O)=O. The van der Waals surface area contributed by atoms with Crippen molar-refractivity contribution < 1.29 is 17.9 Å². The van der Waals surface area contributed by atoms with Crippen molar-refractivity contribution in [3.8, 4) is 0 Å². The van der Waals surface area contributed by atoms with Gasteiger partial charge in [0.25, 0.3) is 0 Å². The van der Waals surface area contributed by atoms with E-state index in [1.165, 1.54) is 7.11 Å². The Morgan fingerprint density at radius 3 is 2.60 bits per heavy atom. The molecule has 3 N–H and O–H groups in total. The number of amides is 1. The van der Waals surface area contributed by atoms with E-state index in [4.69, 9.17) is 10.5 Å². The molecule has 0 aliphatic carbocycles. The number of nitrogens with one attached hydrogen (secondary N) is 1. The monoisotopic (exact) mass is 238 g/mol. The van der Waals surface area contributed by atoms with Crippen molar-refractivity contribution in [1.29, 1.82) is 0 Å². The zero-order chi connectivity index (χ0) is 11.9. The molecule has 0 aromatic carbocycles. The quantitative estimate of drug-likeness (QED) is 0.527. The van der Waals surface area contributed by atoms with Crippen LogP contribution in [0, 0.1) is 0 Å². The Labute approximate surface area is 90.1 Å². The first-order valence-electron chi connectivity index (χ1n) is 4.57. The summed E-state index contributed by atoms with van der Waals surface area (Å²) in [5.74, 6) is -0.429. The highest BCUT2D eigenvalue weighted by Gasteiger charge is 2.15. The molecule has 0 aromatic rings. The van der Waals surface area contributed by atoms with Gasteiger partial charge in [0.1, 0.15) is 9.84 Å². The number of nitrogens with two attached hydrogens (primary N) is 1. The summed E-state index contributed by atoms with van der Waals surface area (Å²) < 4.78 is 26.4. The van der Waals surface area contributed by atoms with E-state index in [9.17, 15) is 13.2 Å². The van der Waals surface area contributed by atoms with Crippen molar-refractivity contribution in [1.82, 2.24) is 5.32 Å². The summed E-state index contributed by atoms with van der Waals surface area (Å²) in [7, 11) is -1.54. The first kappa shape index (κ1) is 14.3. The Morgan fingerprint density at radius 1 is 1.53 bits per heavy atom. The fourth-order valence-electron chi connectivity index (χ4n) is 0.880. The van der Waals surface area contributed by atoms with Crippen molar-refractivity contribution in [3.05, 3.63) is 0 Å². The molecule has 0 spiro atoms. The summed E-state index contributed by atoms with van der Waals surface area (Å²) in [4.78, 5) is 11.2. The Balaban J connectivity index is 3.79. The molecule has 0 rings (SSSR count). The van der Waals surface area contributed by atoms with Gasteiger partial charge in [0, 0.05) is 19.9 Å². The second kappa shape index (κ2) is 6.76. The summed E-state index contributed by atoms with van der Waals surface area (Å²) in [6.07, 6.45) is 1.25. The lowest BCUT2D eigenvalue weighted by molar-refractivity contribution is -0.122. The van der Waals surface area contributed by atoms with Gasteiger partial charge >= 0.3 is 0 Å². The van der Waals surface area contributed by atoms with Gasteiger partial charge in [-0.15, -0.1) is 0 Å². The van der Waals surface area contributed by atoms with E-state index in [0.29, 0.717) is 13.2 Å². The molecule has 0 bridgehead atoms. The lowest BCUT2D eigenvalue weighted by atomic mass is 10.2. The standard InChI is InChI=1S/C8H18N2O4S/c1-14-5-4-10-8(11)7(9)3-6-15(2,12)13/h7H,3-6,9H2,1-2H3,(H,10,11). The lowest BCUT2D eigenvalue weighted by Gasteiger charge is -2.11. The second-order valence-electron chi connectivity index (χ2n) is 3.31. The van der Waals surface area contributed by atoms with Crippen LogP contribution in [0.3, 0.4) is 0 Å². The Kier molecular flexibility index (Phi) is 6.46. The van der Waals surface area contributed by atoms with Gasteiger partial charge in [-0.1, -0.05) is 0 Å². The van der Waals surface area contributed by atoms with Crippen molar-refractivity contribution in [2.45, 2.75) is 12.5 Å². The molecule has 0 aliphatic rings. The van der Waals surface area contributed by atoms with Crippen molar-refractivity contribution in [2.24, 2.45) is 5.73 Å². The number of ether oxygens (including phenoxy) is 1. The molecule has 90 valence electrons. The Bertz CT molecular complexity index is 289. The molecule has 0 aliphatic heterocycles. The van der Waals surface area contributed by atoms with Crippen molar-refractivity contribution >= 4 is 15.7 Å². The van der Waals surface area contributed by atoms with Gasteiger partial charge in [0.2, 0.25) is 5.91 Å². The van der Waals surface area contributed by atoms with Gasteiger partial charge in [-0.3, -0.25) is 4.79 Å². The van der Waals surface area contributed by atoms with E-state index in [1.807, 2.05) is 0 Å². The number of carbonyl (C=O) groups is 1. The normalized spacial score (nSPS) is 13.5. The molecule has 0 fully saturated rings. The van der Waals surface area contributed by atoms with E-state index in [0.717, 1.165) is 6.26 Å². The fraction of sp³-hybridized carbons (Fsp3) is 0.875. The molecular weight excluding hydrogens is 220 g/mol. The number of sulfone groups is 1. The molecule has 0 saturated heterocycles. The molecule has 15 heavy (non-hydrogen) atoms. The second-order valence-corrected chi connectivity index (χ2v) is 5.57. The zero-order valence-electron chi connectivity index (χ0n) is 9.02. The van der Waals surface area contributed by atoms with E-state index >= 15 is 0 Å². The highest BCUT2D eigenvalue weighted by atomic mass is 32.2. The molecule has 0 heterocycles. The lowest BCUT2D eigenvalue weighted by Crippen LogP contribution is -2.42. The fourth-order valence-corrected chi connectivity index (χ4v) is 1.56. The predicted octanol–water partition coefficient (Wildman–Crippen LogP) is -1.49. The van der Waals surface area contributed by atoms with Crippen LogP contribution in [-0.4, -0.2) is 52.6 Å². The summed E-state index contributed by atoms with van der Waals surface area (Å²) in [6, 6.07) is -0.781. The zero-order valence-corrected chi connectivity index (χ0v) is 9.84. The molecule has 1 unspecified atom stereocenters. The highest BCUT2D eigenvalue weighted by Crippen LogP contribution is 1.93. The van der Waals surface area contributed by atoms with Gasteiger partial charge in [-0.25, -0.2) is 8.42 Å². The molecular formula is C8H18N2O4S. The first-order chi connectivity index (χ1) is 6.87. The highest BCUT2D eigenvalue weighted by molar-refractivity contribution is 7.90. The molecule has 0 saturated carbocycles. The number of carbonyl (C=O) groups excluding carboxylic acids is 1. The average molecular weight is 238 g/mol. The minimum atomic E-state index is -3.06.